The van der Waals surface area contributed by atoms with Crippen molar-refractivity contribution in [3.8, 4) is 0 Å². The molecule has 0 unspecified atom stereocenters. The summed E-state index contributed by atoms with van der Waals surface area (Å²) in [6.07, 6.45) is 16.8. The smallest absolute Gasteiger partial charge is 0.251 e. The maximum absolute atomic E-state index is 14.8. The van der Waals surface area contributed by atoms with Crippen LogP contribution < -0.4 is 16.0 Å². The first kappa shape index (κ1) is 25.4. The van der Waals surface area contributed by atoms with Gasteiger partial charge in [0, 0.05) is 39.9 Å². The number of aromatic nitrogens is 1. The average molecular weight is 493 g/mol. The van der Waals surface area contributed by atoms with Gasteiger partial charge in [-0.1, -0.05) is 42.5 Å². The molecule has 0 fully saturated rings. The van der Waals surface area contributed by atoms with Gasteiger partial charge in [0.2, 0.25) is 0 Å². The van der Waals surface area contributed by atoms with Gasteiger partial charge in [0.15, 0.2) is 0 Å². The Hall–Kier alpha value is -4.71. The number of hydrogen-bond acceptors (Lipinski definition) is 4. The lowest BCUT2D eigenvalue weighted by atomic mass is 10.1. The van der Waals surface area contributed by atoms with Gasteiger partial charge < -0.3 is 16.0 Å². The number of hydrogen-bond donors (Lipinski definition) is 3. The summed E-state index contributed by atoms with van der Waals surface area (Å²) < 4.78 is 14.8. The van der Waals surface area contributed by atoms with Crippen molar-refractivity contribution >= 4 is 33.9 Å². The number of fused-ring (bicyclic) bond motifs is 1. The molecule has 0 spiro atoms. The van der Waals surface area contributed by atoms with Crippen LogP contribution in [0.4, 0.5) is 21.5 Å². The third-order valence-electron chi connectivity index (χ3n) is 5.72. The molecule has 5 nitrogen and oxygen atoms in total. The first-order valence-corrected chi connectivity index (χ1v) is 12.0. The maximum atomic E-state index is 14.8. The molecule has 0 radical (unpaired) electrons. The number of carbonyl (C=O) groups is 1. The quantitative estimate of drug-likeness (QED) is 0.284. The largest absolute Gasteiger partial charge is 0.355 e. The van der Waals surface area contributed by atoms with Crippen LogP contribution in [0, 0.1) is 12.7 Å². The van der Waals surface area contributed by atoms with E-state index in [4.69, 9.17) is 0 Å². The van der Waals surface area contributed by atoms with Gasteiger partial charge in [-0.05, 0) is 81.0 Å². The van der Waals surface area contributed by atoms with Crippen molar-refractivity contribution in [2.24, 2.45) is 0 Å². The molecule has 0 atom stereocenters. The lowest BCUT2D eigenvalue weighted by Gasteiger charge is -2.11. The first-order chi connectivity index (χ1) is 18.0. The van der Waals surface area contributed by atoms with Crippen LogP contribution in [-0.2, 0) is 4.79 Å². The number of anilines is 3. The van der Waals surface area contributed by atoms with Crippen LogP contribution in [0.25, 0.3) is 10.9 Å². The van der Waals surface area contributed by atoms with Gasteiger partial charge in [-0.2, -0.15) is 0 Å². The molecule has 1 heterocycles. The van der Waals surface area contributed by atoms with Gasteiger partial charge in [0.1, 0.15) is 5.82 Å². The third-order valence-corrected chi connectivity index (χ3v) is 5.72. The fourth-order valence-corrected chi connectivity index (χ4v) is 3.91. The highest BCUT2D eigenvalue weighted by Crippen LogP contribution is 2.26. The van der Waals surface area contributed by atoms with Crippen LogP contribution >= 0.6 is 0 Å². The summed E-state index contributed by atoms with van der Waals surface area (Å²) in [6, 6.07) is 12.6. The normalized spacial score (nSPS) is 13.6. The predicted octanol–water partition coefficient (Wildman–Crippen LogP) is 7.56. The summed E-state index contributed by atoms with van der Waals surface area (Å²) in [5.74, 6) is -0.882. The Morgan fingerprint density at radius 2 is 1.95 bits per heavy atom. The molecule has 1 amide bonds. The van der Waals surface area contributed by atoms with E-state index in [-0.39, 0.29) is 11.6 Å². The zero-order valence-corrected chi connectivity index (χ0v) is 20.9. The molecule has 1 aliphatic carbocycles. The number of aryl methyl sites for hydroxylation is 1. The van der Waals surface area contributed by atoms with Crippen LogP contribution in [0.3, 0.4) is 0 Å². The molecule has 4 rings (SSSR count). The number of nitrogens with zero attached hydrogens (tertiary/aromatic N) is 1. The van der Waals surface area contributed by atoms with E-state index in [1.807, 2.05) is 62.4 Å². The molecule has 1 aromatic heterocycles. The van der Waals surface area contributed by atoms with Gasteiger partial charge in [0.05, 0.1) is 11.2 Å². The van der Waals surface area contributed by atoms with E-state index >= 15 is 0 Å². The Morgan fingerprint density at radius 1 is 1.08 bits per heavy atom. The first-order valence-electron chi connectivity index (χ1n) is 12.0. The van der Waals surface area contributed by atoms with E-state index in [2.05, 4.69) is 33.6 Å². The van der Waals surface area contributed by atoms with Crippen LogP contribution in [0.15, 0.2) is 121 Å². The van der Waals surface area contributed by atoms with Gasteiger partial charge in [-0.3, -0.25) is 9.78 Å². The molecule has 3 aromatic rings. The van der Waals surface area contributed by atoms with Gasteiger partial charge in [-0.15, -0.1) is 0 Å². The van der Waals surface area contributed by atoms with Crippen molar-refractivity contribution in [2.45, 2.75) is 20.3 Å². The summed E-state index contributed by atoms with van der Waals surface area (Å²) in [5.41, 5.74) is 5.80. The number of carbonyl (C=O) groups excluding carboxylic acids is 1. The van der Waals surface area contributed by atoms with Gasteiger partial charge in [-0.25, -0.2) is 4.39 Å². The van der Waals surface area contributed by atoms with Crippen LogP contribution in [0.5, 0.6) is 0 Å². The Labute approximate surface area is 216 Å². The zero-order valence-electron chi connectivity index (χ0n) is 20.9. The van der Waals surface area contributed by atoms with E-state index in [1.165, 1.54) is 6.07 Å². The molecule has 0 bridgehead atoms. The summed E-state index contributed by atoms with van der Waals surface area (Å²) in [7, 11) is 0. The van der Waals surface area contributed by atoms with E-state index in [9.17, 15) is 9.18 Å². The number of halogens is 1. The third kappa shape index (κ3) is 6.49. The van der Waals surface area contributed by atoms with E-state index in [0.717, 1.165) is 33.5 Å². The topological polar surface area (TPSA) is 66.0 Å². The molecular formula is C31H29FN4O. The minimum absolute atomic E-state index is 0.117. The SMILES string of the molecule is C=C/C=C(\C=C/C)Nc1ccc(NC(=O)C2=CC=C(Nc3ccnc4ccc(C)cc34)C=CC2)c(F)c1. The van der Waals surface area contributed by atoms with Gasteiger partial charge in [0.25, 0.3) is 5.91 Å². The monoisotopic (exact) mass is 492 g/mol. The Balaban J connectivity index is 1.47. The summed E-state index contributed by atoms with van der Waals surface area (Å²) in [4.78, 5) is 17.3. The second-order valence-electron chi connectivity index (χ2n) is 8.56. The van der Waals surface area contributed by atoms with Crippen molar-refractivity contribution in [1.82, 2.24) is 4.98 Å². The lowest BCUT2D eigenvalue weighted by molar-refractivity contribution is -0.112. The van der Waals surface area contributed by atoms with Crippen molar-refractivity contribution in [2.75, 3.05) is 16.0 Å². The Kier molecular flexibility index (Phi) is 8.11. The van der Waals surface area contributed by atoms with Crippen LogP contribution in [0.2, 0.25) is 0 Å². The molecule has 0 aliphatic heterocycles. The lowest BCUT2D eigenvalue weighted by Crippen LogP contribution is -2.15. The summed E-state index contributed by atoms with van der Waals surface area (Å²) in [5, 5.41) is 10.3. The van der Waals surface area contributed by atoms with E-state index in [0.29, 0.717) is 17.7 Å². The standard InChI is InChI=1S/C31H29FN4O/c1-4-7-23(8-5-2)34-25-14-16-30(27(32)20-25)36-31(37)22-9-6-10-24(13-12-22)35-29-17-18-33-28-15-11-21(3)19-26(28)29/h4-8,10-20,34H,1,9H2,2-3H3,(H,33,35)(H,36,37)/b8-5-,23-7+. The van der Waals surface area contributed by atoms with Crippen molar-refractivity contribution in [3.63, 3.8) is 0 Å². The molecule has 3 N–H and O–H groups in total. The Bertz CT molecular complexity index is 1490. The van der Waals surface area contributed by atoms with Crippen LogP contribution in [-0.4, -0.2) is 10.9 Å². The average Bonchev–Trinajstić information content (AvgIpc) is 3.12. The number of allylic oxidation sites excluding steroid dienone is 8. The number of pyridine rings is 1. The molecule has 186 valence electrons. The van der Waals surface area contributed by atoms with Crippen molar-refractivity contribution < 1.29 is 9.18 Å². The molecule has 6 heteroatoms. The molecule has 0 saturated carbocycles. The van der Waals surface area contributed by atoms with E-state index < -0.39 is 5.82 Å². The number of rotatable bonds is 8. The molecule has 1 aliphatic rings. The minimum Gasteiger partial charge on any atom is -0.355 e. The zero-order chi connectivity index (χ0) is 26.2. The number of nitrogens with one attached hydrogen (secondary N) is 3. The van der Waals surface area contributed by atoms with Gasteiger partial charge >= 0.3 is 0 Å². The summed E-state index contributed by atoms with van der Waals surface area (Å²) >= 11 is 0. The second-order valence-corrected chi connectivity index (χ2v) is 8.56. The highest BCUT2D eigenvalue weighted by molar-refractivity contribution is 6.04. The second kappa shape index (κ2) is 11.8. The fourth-order valence-electron chi connectivity index (χ4n) is 3.91. The molecular weight excluding hydrogens is 463 g/mol. The number of benzene rings is 2. The van der Waals surface area contributed by atoms with Crippen molar-refractivity contribution in [3.05, 3.63) is 132 Å². The number of amides is 1. The minimum atomic E-state index is -0.528. The highest BCUT2D eigenvalue weighted by atomic mass is 19.1. The molecule has 37 heavy (non-hydrogen) atoms. The summed E-state index contributed by atoms with van der Waals surface area (Å²) in [6.45, 7) is 7.63. The fraction of sp³-hybridized carbons (Fsp3) is 0.0968. The predicted molar refractivity (Wildman–Crippen MR) is 152 cm³/mol. The molecule has 0 saturated heterocycles. The van der Waals surface area contributed by atoms with Crippen molar-refractivity contribution in [1.29, 1.82) is 0 Å². The Morgan fingerprint density at radius 3 is 2.73 bits per heavy atom. The van der Waals surface area contributed by atoms with Crippen LogP contribution in [0.1, 0.15) is 18.9 Å². The highest BCUT2D eigenvalue weighted by Gasteiger charge is 2.13. The molecule has 2 aromatic carbocycles. The van der Waals surface area contributed by atoms with E-state index in [1.54, 1.807) is 36.6 Å². The maximum Gasteiger partial charge on any atom is 0.251 e.